The van der Waals surface area contributed by atoms with Crippen molar-refractivity contribution < 1.29 is 14.3 Å². The average Bonchev–Trinajstić information content (AvgIpc) is 2.57. The van der Waals surface area contributed by atoms with E-state index in [9.17, 15) is 4.79 Å². The topological polar surface area (TPSA) is 35.5 Å². The van der Waals surface area contributed by atoms with Gasteiger partial charge in [0.25, 0.3) is 0 Å². The molecule has 2 aromatic carbocycles. The fraction of sp³-hybridized carbons (Fsp3) is 0.278. The van der Waals surface area contributed by atoms with Crippen LogP contribution in [0.3, 0.4) is 0 Å². The summed E-state index contributed by atoms with van der Waals surface area (Å²) in [5, 5.41) is 0. The summed E-state index contributed by atoms with van der Waals surface area (Å²) in [6.07, 6.45) is 0.832. The molecule has 0 aromatic heterocycles. The van der Waals surface area contributed by atoms with Gasteiger partial charge in [0, 0.05) is 0 Å². The van der Waals surface area contributed by atoms with Gasteiger partial charge in [-0.25, -0.2) is 4.79 Å². The number of carbonyl (C=O) groups excluding carboxylic acids is 1. The second-order valence-electron chi connectivity index (χ2n) is 4.75. The Morgan fingerprint density at radius 1 is 1.09 bits per heavy atom. The first-order valence-corrected chi connectivity index (χ1v) is 8.91. The van der Waals surface area contributed by atoms with Crippen molar-refractivity contribution in [2.75, 3.05) is 12.4 Å². The Labute approximate surface area is 145 Å². The normalized spacial score (nSPS) is 11.7. The summed E-state index contributed by atoms with van der Waals surface area (Å²) in [5.41, 5.74) is 1.17. The number of hydrogen-bond acceptors (Lipinski definition) is 4. The second-order valence-corrected chi connectivity index (χ2v) is 6.66. The average molecular weight is 351 g/mol. The first-order chi connectivity index (χ1) is 11.2. The maximum atomic E-state index is 11.4. The van der Waals surface area contributed by atoms with Gasteiger partial charge < -0.3 is 9.47 Å². The number of carbonyl (C=O) groups is 1. The van der Waals surface area contributed by atoms with Crippen molar-refractivity contribution in [1.82, 2.24) is 0 Å². The molecule has 1 unspecified atom stereocenters. The lowest BCUT2D eigenvalue weighted by molar-refractivity contribution is -0.140. The summed E-state index contributed by atoms with van der Waals surface area (Å²) in [6, 6.07) is 17.6. The summed E-state index contributed by atoms with van der Waals surface area (Å²) in [7, 11) is 0. The van der Waals surface area contributed by atoms with E-state index in [0.717, 1.165) is 23.7 Å². The van der Waals surface area contributed by atoms with E-state index in [1.807, 2.05) is 54.6 Å². The van der Waals surface area contributed by atoms with Crippen LogP contribution >= 0.6 is 23.4 Å². The van der Waals surface area contributed by atoms with Crippen molar-refractivity contribution in [3.63, 3.8) is 0 Å². The van der Waals surface area contributed by atoms with Gasteiger partial charge in [0.15, 0.2) is 4.71 Å². The third-order valence-electron chi connectivity index (χ3n) is 3.03. The highest BCUT2D eigenvalue weighted by atomic mass is 35.5. The van der Waals surface area contributed by atoms with Gasteiger partial charge in [-0.05, 0) is 48.9 Å². The number of aryl methyl sites for hydroxylation is 1. The Balaban J connectivity index is 1.78. The summed E-state index contributed by atoms with van der Waals surface area (Å²) < 4.78 is 9.97. The highest BCUT2D eigenvalue weighted by Gasteiger charge is 2.16. The van der Waals surface area contributed by atoms with Crippen molar-refractivity contribution >= 4 is 29.3 Å². The van der Waals surface area contributed by atoms with E-state index < -0.39 is 4.71 Å². The van der Waals surface area contributed by atoms with Gasteiger partial charge in [0.2, 0.25) is 0 Å². The molecule has 122 valence electrons. The molecule has 0 aliphatic carbocycles. The number of rotatable bonds is 8. The van der Waals surface area contributed by atoms with Crippen molar-refractivity contribution in [1.29, 1.82) is 0 Å². The van der Waals surface area contributed by atoms with Crippen LogP contribution in [0.15, 0.2) is 54.6 Å². The van der Waals surface area contributed by atoms with Crippen LogP contribution in [0.5, 0.6) is 11.5 Å². The van der Waals surface area contributed by atoms with E-state index in [1.54, 1.807) is 6.92 Å². The Kier molecular flexibility index (Phi) is 7.30. The van der Waals surface area contributed by atoms with Crippen LogP contribution in [-0.4, -0.2) is 23.0 Å². The van der Waals surface area contributed by atoms with Gasteiger partial charge in [-0.15, -0.1) is 11.8 Å². The molecule has 0 aliphatic rings. The third kappa shape index (κ3) is 6.16. The minimum absolute atomic E-state index is 0.353. The molecular weight excluding hydrogens is 332 g/mol. The number of esters is 1. The number of alkyl halides is 1. The Morgan fingerprint density at radius 3 is 2.39 bits per heavy atom. The predicted octanol–water partition coefficient (Wildman–Crippen LogP) is 4.88. The zero-order chi connectivity index (χ0) is 16.5. The largest absolute Gasteiger partial charge is 0.464 e. The molecule has 0 aliphatic heterocycles. The third-order valence-corrected chi connectivity index (χ3v) is 4.51. The van der Waals surface area contributed by atoms with E-state index in [1.165, 1.54) is 17.3 Å². The van der Waals surface area contributed by atoms with E-state index in [-0.39, 0.29) is 5.97 Å². The molecule has 1 atom stereocenters. The maximum Gasteiger partial charge on any atom is 0.334 e. The van der Waals surface area contributed by atoms with Gasteiger partial charge in [-0.3, -0.25) is 0 Å². The fourth-order valence-corrected chi connectivity index (χ4v) is 3.00. The predicted molar refractivity (Wildman–Crippen MR) is 95.4 cm³/mol. The molecule has 0 saturated heterocycles. The lowest BCUT2D eigenvalue weighted by atomic mass is 10.2. The number of halogens is 1. The van der Waals surface area contributed by atoms with Crippen molar-refractivity contribution in [3.05, 3.63) is 60.2 Å². The van der Waals surface area contributed by atoms with Crippen LogP contribution in [0.25, 0.3) is 0 Å². The number of ether oxygens (including phenoxy) is 2. The summed E-state index contributed by atoms with van der Waals surface area (Å²) >= 11 is 7.35. The van der Waals surface area contributed by atoms with Crippen LogP contribution in [-0.2, 0) is 16.0 Å². The van der Waals surface area contributed by atoms with E-state index in [2.05, 4.69) is 0 Å². The SMILES string of the molecule is CCOC(=O)C(Cl)SCCc1ccc(Oc2ccccc2)cc1. The minimum Gasteiger partial charge on any atom is -0.464 e. The molecule has 0 saturated carbocycles. The van der Waals surface area contributed by atoms with Crippen LogP contribution in [0.4, 0.5) is 0 Å². The molecule has 0 radical (unpaired) electrons. The molecule has 2 aromatic rings. The first kappa shape index (κ1) is 17.7. The van der Waals surface area contributed by atoms with E-state index in [0.29, 0.717) is 6.61 Å². The lowest BCUT2D eigenvalue weighted by Gasteiger charge is -2.09. The zero-order valence-corrected chi connectivity index (χ0v) is 14.5. The molecule has 0 bridgehead atoms. The minimum atomic E-state index is -0.643. The standard InChI is InChI=1S/C18H19ClO3S/c1-2-21-18(20)17(19)23-13-12-14-8-10-16(11-9-14)22-15-6-4-3-5-7-15/h3-11,17H,2,12-13H2,1H3. The smallest absolute Gasteiger partial charge is 0.334 e. The molecule has 5 heteroatoms. The van der Waals surface area contributed by atoms with Crippen LogP contribution < -0.4 is 4.74 Å². The maximum absolute atomic E-state index is 11.4. The second kappa shape index (κ2) is 9.48. The van der Waals surface area contributed by atoms with Gasteiger partial charge in [0.05, 0.1) is 6.61 Å². The Hall–Kier alpha value is -1.65. The highest BCUT2D eigenvalue weighted by molar-refractivity contribution is 8.01. The molecule has 0 heterocycles. The van der Waals surface area contributed by atoms with Crippen molar-refractivity contribution in [2.24, 2.45) is 0 Å². The molecule has 23 heavy (non-hydrogen) atoms. The summed E-state index contributed by atoms with van der Waals surface area (Å²) in [5.74, 6) is 2.00. The Bertz CT molecular complexity index is 601. The summed E-state index contributed by atoms with van der Waals surface area (Å²) in [4.78, 5) is 11.4. The van der Waals surface area contributed by atoms with Crippen LogP contribution in [0, 0.1) is 0 Å². The lowest BCUT2D eigenvalue weighted by Crippen LogP contribution is -2.15. The number of benzene rings is 2. The van der Waals surface area contributed by atoms with E-state index in [4.69, 9.17) is 21.1 Å². The molecule has 2 rings (SSSR count). The number of thioether (sulfide) groups is 1. The van der Waals surface area contributed by atoms with Gasteiger partial charge >= 0.3 is 5.97 Å². The molecule has 0 spiro atoms. The van der Waals surface area contributed by atoms with Gasteiger partial charge in [-0.2, -0.15) is 0 Å². The Morgan fingerprint density at radius 2 is 1.74 bits per heavy atom. The monoisotopic (exact) mass is 350 g/mol. The molecular formula is C18H19ClO3S. The van der Waals surface area contributed by atoms with Gasteiger partial charge in [-0.1, -0.05) is 41.9 Å². The number of para-hydroxylation sites is 1. The van der Waals surface area contributed by atoms with Crippen molar-refractivity contribution in [2.45, 2.75) is 18.1 Å². The number of hydrogen-bond donors (Lipinski definition) is 0. The zero-order valence-electron chi connectivity index (χ0n) is 12.9. The molecule has 3 nitrogen and oxygen atoms in total. The van der Waals surface area contributed by atoms with Gasteiger partial charge in [0.1, 0.15) is 11.5 Å². The highest BCUT2D eigenvalue weighted by Crippen LogP contribution is 2.22. The molecule has 0 amide bonds. The van der Waals surface area contributed by atoms with Crippen molar-refractivity contribution in [3.8, 4) is 11.5 Å². The molecule has 0 N–H and O–H groups in total. The van der Waals surface area contributed by atoms with E-state index >= 15 is 0 Å². The molecule has 0 fully saturated rings. The van der Waals surface area contributed by atoms with Crippen LogP contribution in [0.1, 0.15) is 12.5 Å². The first-order valence-electron chi connectivity index (χ1n) is 7.43. The van der Waals surface area contributed by atoms with Crippen LogP contribution in [0.2, 0.25) is 0 Å². The summed E-state index contributed by atoms with van der Waals surface area (Å²) in [6.45, 7) is 2.12. The quantitative estimate of drug-likeness (QED) is 0.502. The fourth-order valence-electron chi connectivity index (χ4n) is 1.90.